The van der Waals surface area contributed by atoms with Gasteiger partial charge in [-0.3, -0.25) is 4.79 Å². The van der Waals surface area contributed by atoms with Crippen LogP contribution >= 0.6 is 12.4 Å². The molecule has 0 aromatic carbocycles. The summed E-state index contributed by atoms with van der Waals surface area (Å²) in [7, 11) is 0. The van der Waals surface area contributed by atoms with Gasteiger partial charge in [-0.25, -0.2) is 4.98 Å². The van der Waals surface area contributed by atoms with Gasteiger partial charge in [-0.15, -0.1) is 12.4 Å². The molecule has 2 N–H and O–H groups in total. The number of hydrogen-bond donors (Lipinski definition) is 1. The van der Waals surface area contributed by atoms with E-state index in [9.17, 15) is 4.79 Å². The van der Waals surface area contributed by atoms with E-state index >= 15 is 0 Å². The highest BCUT2D eigenvalue weighted by molar-refractivity contribution is 5.97. The molecule has 1 atom stereocenters. The van der Waals surface area contributed by atoms with Crippen molar-refractivity contribution in [3.63, 3.8) is 0 Å². The predicted octanol–water partition coefficient (Wildman–Crippen LogP) is 3.14. The van der Waals surface area contributed by atoms with Crippen LogP contribution in [0.2, 0.25) is 0 Å². The zero-order chi connectivity index (χ0) is 17.7. The minimum Gasteiger partial charge on any atom is -0.338 e. The van der Waals surface area contributed by atoms with Crippen molar-refractivity contribution in [2.75, 3.05) is 13.1 Å². The van der Waals surface area contributed by atoms with Gasteiger partial charge in [-0.1, -0.05) is 39.8 Å². The maximum atomic E-state index is 12.9. The van der Waals surface area contributed by atoms with Gasteiger partial charge in [0.05, 0.1) is 16.6 Å². The van der Waals surface area contributed by atoms with E-state index < -0.39 is 0 Å². The Hall–Kier alpha value is -1.66. The quantitative estimate of drug-likeness (QED) is 0.837. The van der Waals surface area contributed by atoms with E-state index in [1.165, 1.54) is 0 Å². The molecule has 7 heteroatoms. The lowest BCUT2D eigenvalue weighted by Gasteiger charge is -2.42. The van der Waals surface area contributed by atoms with Gasteiger partial charge in [0.25, 0.3) is 11.6 Å². The van der Waals surface area contributed by atoms with Crippen LogP contribution in [0, 0.1) is 5.41 Å². The van der Waals surface area contributed by atoms with Crippen LogP contribution in [-0.4, -0.2) is 40.1 Å². The standard InChI is InChI=1S/C18H26N4O2.ClH/c1-17(2,3)14-12-8-11(9-20-15(12)24-21-14)16(23)22-7-6-13(19)18(4,5)10-22;/h8-9,13H,6-7,10,19H2,1-5H3;1H. The van der Waals surface area contributed by atoms with Gasteiger partial charge < -0.3 is 15.2 Å². The molecule has 0 aliphatic carbocycles. The van der Waals surface area contributed by atoms with Crippen LogP contribution in [0.5, 0.6) is 0 Å². The fourth-order valence-corrected chi connectivity index (χ4v) is 3.22. The number of aromatic nitrogens is 2. The highest BCUT2D eigenvalue weighted by atomic mass is 35.5. The summed E-state index contributed by atoms with van der Waals surface area (Å²) in [4.78, 5) is 19.1. The summed E-state index contributed by atoms with van der Waals surface area (Å²) in [6.07, 6.45) is 2.39. The third-order valence-corrected chi connectivity index (χ3v) is 4.89. The Morgan fingerprint density at radius 3 is 2.68 bits per heavy atom. The molecule has 0 bridgehead atoms. The summed E-state index contributed by atoms with van der Waals surface area (Å²) < 4.78 is 5.30. The number of amides is 1. The van der Waals surface area contributed by atoms with Gasteiger partial charge in [0, 0.05) is 30.7 Å². The van der Waals surface area contributed by atoms with Gasteiger partial charge in [-0.05, 0) is 17.9 Å². The summed E-state index contributed by atoms with van der Waals surface area (Å²) in [6, 6.07) is 1.97. The van der Waals surface area contributed by atoms with E-state index in [4.69, 9.17) is 10.3 Å². The second kappa shape index (κ2) is 6.57. The van der Waals surface area contributed by atoms with Crippen LogP contribution < -0.4 is 5.73 Å². The van der Waals surface area contributed by atoms with Gasteiger partial charge in [0.1, 0.15) is 0 Å². The fourth-order valence-electron chi connectivity index (χ4n) is 3.22. The molecule has 1 aliphatic heterocycles. The van der Waals surface area contributed by atoms with Crippen LogP contribution in [0.1, 0.15) is 57.1 Å². The van der Waals surface area contributed by atoms with Crippen molar-refractivity contribution < 1.29 is 9.32 Å². The van der Waals surface area contributed by atoms with Gasteiger partial charge in [0.15, 0.2) is 0 Å². The van der Waals surface area contributed by atoms with Crippen LogP contribution in [0.25, 0.3) is 11.1 Å². The maximum absolute atomic E-state index is 12.9. The lowest BCUT2D eigenvalue weighted by molar-refractivity contribution is 0.0533. The molecule has 0 spiro atoms. The Morgan fingerprint density at radius 1 is 1.40 bits per heavy atom. The number of pyridine rings is 1. The van der Waals surface area contributed by atoms with Crippen molar-refractivity contribution in [2.24, 2.45) is 11.1 Å². The molecule has 1 unspecified atom stereocenters. The number of likely N-dealkylation sites (tertiary alicyclic amines) is 1. The number of nitrogens with zero attached hydrogens (tertiary/aromatic N) is 3. The maximum Gasteiger partial charge on any atom is 0.257 e. The molecule has 2 aromatic rings. The van der Waals surface area contributed by atoms with E-state index in [-0.39, 0.29) is 35.2 Å². The van der Waals surface area contributed by atoms with E-state index in [1.54, 1.807) is 6.20 Å². The minimum absolute atomic E-state index is 0. The molecule has 138 valence electrons. The Morgan fingerprint density at radius 2 is 2.08 bits per heavy atom. The van der Waals surface area contributed by atoms with Crippen molar-refractivity contribution >= 4 is 29.4 Å². The normalized spacial score (nSPS) is 20.4. The van der Waals surface area contributed by atoms with E-state index in [0.29, 0.717) is 24.4 Å². The van der Waals surface area contributed by atoms with Crippen molar-refractivity contribution in [3.8, 4) is 0 Å². The van der Waals surface area contributed by atoms with Gasteiger partial charge in [-0.2, -0.15) is 0 Å². The first-order valence-electron chi connectivity index (χ1n) is 8.40. The number of hydrogen-bond acceptors (Lipinski definition) is 5. The number of rotatable bonds is 1. The number of nitrogens with two attached hydrogens (primary N) is 1. The van der Waals surface area contributed by atoms with Crippen molar-refractivity contribution in [1.29, 1.82) is 0 Å². The van der Waals surface area contributed by atoms with Crippen LogP contribution in [-0.2, 0) is 5.41 Å². The van der Waals surface area contributed by atoms with E-state index in [1.807, 2.05) is 11.0 Å². The van der Waals surface area contributed by atoms with Crippen molar-refractivity contribution in [1.82, 2.24) is 15.0 Å². The fraction of sp³-hybridized carbons (Fsp3) is 0.611. The average Bonchev–Trinajstić information content (AvgIpc) is 2.92. The SMILES string of the molecule is CC(C)(C)c1noc2ncc(C(=O)N3CCC(N)C(C)(C)C3)cc12.Cl. The Bertz CT molecular complexity index is 779. The molecule has 3 heterocycles. The predicted molar refractivity (Wildman–Crippen MR) is 100 cm³/mol. The van der Waals surface area contributed by atoms with Crippen LogP contribution in [0.15, 0.2) is 16.8 Å². The molecule has 6 nitrogen and oxygen atoms in total. The largest absolute Gasteiger partial charge is 0.338 e. The zero-order valence-electron chi connectivity index (χ0n) is 15.5. The lowest BCUT2D eigenvalue weighted by atomic mass is 9.79. The molecule has 1 fully saturated rings. The summed E-state index contributed by atoms with van der Waals surface area (Å²) in [5, 5.41) is 4.94. The first kappa shape index (κ1) is 19.7. The van der Waals surface area contributed by atoms with Gasteiger partial charge >= 0.3 is 0 Å². The topological polar surface area (TPSA) is 85.2 Å². The van der Waals surface area contributed by atoms with E-state index in [0.717, 1.165) is 17.5 Å². The Labute approximate surface area is 154 Å². The monoisotopic (exact) mass is 366 g/mol. The molecular weight excluding hydrogens is 340 g/mol. The highest BCUT2D eigenvalue weighted by Crippen LogP contribution is 2.31. The highest BCUT2D eigenvalue weighted by Gasteiger charge is 2.36. The summed E-state index contributed by atoms with van der Waals surface area (Å²) in [6.45, 7) is 11.7. The van der Waals surface area contributed by atoms with Gasteiger partial charge in [0.2, 0.25) is 0 Å². The number of carbonyl (C=O) groups is 1. The second-order valence-electron chi connectivity index (χ2n) is 8.47. The third kappa shape index (κ3) is 3.65. The number of carbonyl (C=O) groups excluding carboxylic acids is 1. The first-order chi connectivity index (χ1) is 11.1. The molecule has 1 saturated heterocycles. The number of piperidine rings is 1. The third-order valence-electron chi connectivity index (χ3n) is 4.89. The van der Waals surface area contributed by atoms with E-state index in [2.05, 4.69) is 44.8 Å². The zero-order valence-corrected chi connectivity index (χ0v) is 16.3. The molecule has 1 aliphatic rings. The van der Waals surface area contributed by atoms with Crippen molar-refractivity contribution in [2.45, 2.75) is 52.5 Å². The number of fused-ring (bicyclic) bond motifs is 1. The Kier molecular flexibility index (Phi) is 5.17. The molecule has 0 radical (unpaired) electrons. The number of halogens is 1. The smallest absolute Gasteiger partial charge is 0.257 e. The van der Waals surface area contributed by atoms with Crippen LogP contribution in [0.3, 0.4) is 0 Å². The average molecular weight is 367 g/mol. The molecule has 25 heavy (non-hydrogen) atoms. The second-order valence-corrected chi connectivity index (χ2v) is 8.47. The Balaban J connectivity index is 0.00000225. The first-order valence-corrected chi connectivity index (χ1v) is 8.40. The van der Waals surface area contributed by atoms with Crippen LogP contribution in [0.4, 0.5) is 0 Å². The minimum atomic E-state index is -0.172. The molecule has 3 rings (SSSR count). The van der Waals surface area contributed by atoms with Crippen molar-refractivity contribution in [3.05, 3.63) is 23.5 Å². The summed E-state index contributed by atoms with van der Waals surface area (Å²) in [5.74, 6) is -0.00886. The summed E-state index contributed by atoms with van der Waals surface area (Å²) in [5.41, 5.74) is 7.78. The molecule has 1 amide bonds. The lowest BCUT2D eigenvalue weighted by Crippen LogP contribution is -2.54. The molecule has 2 aromatic heterocycles. The summed E-state index contributed by atoms with van der Waals surface area (Å²) >= 11 is 0. The molecular formula is C18H27ClN4O2. The molecule has 0 saturated carbocycles.